The van der Waals surface area contributed by atoms with Crippen LogP contribution < -0.4 is 5.32 Å². The quantitative estimate of drug-likeness (QED) is 0.892. The van der Waals surface area contributed by atoms with Gasteiger partial charge in [0, 0.05) is 25.2 Å². The first-order valence-electron chi connectivity index (χ1n) is 7.59. The molecule has 1 amide bonds. The van der Waals surface area contributed by atoms with E-state index in [1.165, 1.54) is 0 Å². The van der Waals surface area contributed by atoms with Crippen LogP contribution in [0.4, 0.5) is 0 Å². The zero-order chi connectivity index (χ0) is 15.7. The van der Waals surface area contributed by atoms with Gasteiger partial charge in [0.1, 0.15) is 5.76 Å². The Morgan fingerprint density at radius 1 is 1.42 bits per heavy atom. The molecular weight excluding hydrogens is 353 g/mol. The summed E-state index contributed by atoms with van der Waals surface area (Å²) >= 11 is 0. The first-order valence-corrected chi connectivity index (χ1v) is 7.59. The van der Waals surface area contributed by atoms with Crippen molar-refractivity contribution < 1.29 is 13.6 Å². The smallest absolute Gasteiger partial charge is 0.263 e. The molecule has 6 nitrogen and oxygen atoms in total. The fourth-order valence-corrected chi connectivity index (χ4v) is 2.75. The van der Waals surface area contributed by atoms with E-state index in [4.69, 9.17) is 8.83 Å². The van der Waals surface area contributed by atoms with Gasteiger partial charge < -0.3 is 19.1 Å². The summed E-state index contributed by atoms with van der Waals surface area (Å²) in [6, 6.07) is 4.05. The number of hydrogen-bond donors (Lipinski definition) is 1. The lowest BCUT2D eigenvalue weighted by molar-refractivity contribution is -0.134. The van der Waals surface area contributed by atoms with Crippen LogP contribution in [0.3, 0.4) is 0 Å². The van der Waals surface area contributed by atoms with Crippen LogP contribution in [0.1, 0.15) is 25.3 Å². The second-order valence-electron chi connectivity index (χ2n) is 5.75. The SMILES string of the molecule is Cc1oc(-c2ccco2)nc1CC(=O)N1CCNC(C)C1C.Cl.Cl. The van der Waals surface area contributed by atoms with Crippen LogP contribution in [0.2, 0.25) is 0 Å². The number of oxazole rings is 1. The van der Waals surface area contributed by atoms with Crippen molar-refractivity contribution in [1.82, 2.24) is 15.2 Å². The van der Waals surface area contributed by atoms with E-state index in [2.05, 4.69) is 24.1 Å². The maximum atomic E-state index is 12.6. The van der Waals surface area contributed by atoms with Crippen LogP contribution >= 0.6 is 24.8 Å². The molecule has 1 aliphatic heterocycles. The van der Waals surface area contributed by atoms with E-state index in [1.807, 2.05) is 11.8 Å². The number of aromatic nitrogens is 1. The molecule has 0 aliphatic carbocycles. The van der Waals surface area contributed by atoms with E-state index < -0.39 is 0 Å². The molecule has 134 valence electrons. The second-order valence-corrected chi connectivity index (χ2v) is 5.75. The molecule has 0 aromatic carbocycles. The molecule has 1 fully saturated rings. The van der Waals surface area contributed by atoms with E-state index >= 15 is 0 Å². The third-order valence-electron chi connectivity index (χ3n) is 4.30. The number of carbonyl (C=O) groups is 1. The Hall–Kier alpha value is -1.50. The highest BCUT2D eigenvalue weighted by atomic mass is 35.5. The first-order chi connectivity index (χ1) is 10.6. The molecule has 8 heteroatoms. The van der Waals surface area contributed by atoms with Crippen molar-refractivity contribution in [3.05, 3.63) is 29.9 Å². The molecule has 24 heavy (non-hydrogen) atoms. The lowest BCUT2D eigenvalue weighted by Crippen LogP contribution is -2.57. The van der Waals surface area contributed by atoms with Gasteiger partial charge in [-0.05, 0) is 32.9 Å². The Kier molecular flexibility index (Phi) is 7.32. The van der Waals surface area contributed by atoms with Gasteiger partial charge in [-0.2, -0.15) is 0 Å². The average Bonchev–Trinajstić information content (AvgIpc) is 3.12. The van der Waals surface area contributed by atoms with Crippen molar-refractivity contribution >= 4 is 30.7 Å². The maximum Gasteiger partial charge on any atom is 0.263 e. The van der Waals surface area contributed by atoms with Crippen molar-refractivity contribution in [3.8, 4) is 11.7 Å². The van der Waals surface area contributed by atoms with Crippen molar-refractivity contribution in [2.24, 2.45) is 0 Å². The number of aryl methyl sites for hydroxylation is 1. The minimum Gasteiger partial charge on any atom is -0.459 e. The highest BCUT2D eigenvalue weighted by Crippen LogP contribution is 2.23. The summed E-state index contributed by atoms with van der Waals surface area (Å²) in [6.07, 6.45) is 1.83. The van der Waals surface area contributed by atoms with Gasteiger partial charge >= 0.3 is 0 Å². The Morgan fingerprint density at radius 3 is 2.83 bits per heavy atom. The fraction of sp³-hybridized carbons (Fsp3) is 0.500. The minimum absolute atomic E-state index is 0. The van der Waals surface area contributed by atoms with Gasteiger partial charge in [-0.3, -0.25) is 4.79 Å². The molecule has 0 radical (unpaired) electrons. The molecule has 2 aromatic rings. The third-order valence-corrected chi connectivity index (χ3v) is 4.30. The second kappa shape index (κ2) is 8.55. The summed E-state index contributed by atoms with van der Waals surface area (Å²) in [5, 5.41) is 3.37. The topological polar surface area (TPSA) is 71.5 Å². The molecule has 3 rings (SSSR count). The number of nitrogens with one attached hydrogen (secondary N) is 1. The summed E-state index contributed by atoms with van der Waals surface area (Å²) < 4.78 is 10.9. The van der Waals surface area contributed by atoms with Gasteiger partial charge in [0.05, 0.1) is 18.4 Å². The first kappa shape index (κ1) is 20.5. The summed E-state index contributed by atoms with van der Waals surface area (Å²) in [5.41, 5.74) is 0.676. The molecule has 0 saturated carbocycles. The zero-order valence-electron chi connectivity index (χ0n) is 13.9. The molecule has 1 saturated heterocycles. The minimum atomic E-state index is 0. The molecule has 2 unspecified atom stereocenters. The predicted molar refractivity (Wildman–Crippen MR) is 95.8 cm³/mol. The number of piperazine rings is 1. The molecule has 2 aromatic heterocycles. The number of nitrogens with zero attached hydrogens (tertiary/aromatic N) is 2. The Balaban J connectivity index is 0.00000144. The van der Waals surface area contributed by atoms with Crippen LogP contribution in [0.15, 0.2) is 27.2 Å². The van der Waals surface area contributed by atoms with E-state index in [1.54, 1.807) is 18.4 Å². The van der Waals surface area contributed by atoms with E-state index in [0.717, 1.165) is 13.1 Å². The van der Waals surface area contributed by atoms with Crippen molar-refractivity contribution in [2.45, 2.75) is 39.3 Å². The van der Waals surface area contributed by atoms with Crippen LogP contribution in [-0.4, -0.2) is 41.0 Å². The maximum absolute atomic E-state index is 12.6. The molecule has 3 heterocycles. The van der Waals surface area contributed by atoms with E-state index in [0.29, 0.717) is 29.1 Å². The summed E-state index contributed by atoms with van der Waals surface area (Å²) in [6.45, 7) is 7.55. The molecule has 0 spiro atoms. The van der Waals surface area contributed by atoms with Gasteiger partial charge in [0.2, 0.25) is 5.91 Å². The summed E-state index contributed by atoms with van der Waals surface area (Å²) in [7, 11) is 0. The molecule has 2 atom stereocenters. The highest BCUT2D eigenvalue weighted by molar-refractivity contribution is 5.85. The summed E-state index contributed by atoms with van der Waals surface area (Å²) in [5.74, 6) is 1.75. The van der Waals surface area contributed by atoms with Gasteiger partial charge in [-0.25, -0.2) is 4.98 Å². The standard InChI is InChI=1S/C16H21N3O3.2ClH/c1-10-11(2)19(7-6-17-10)15(20)9-13-12(3)22-16(18-13)14-5-4-8-21-14;;/h4-5,8,10-11,17H,6-7,9H2,1-3H3;2*1H. The normalized spacial score (nSPS) is 20.2. The number of hydrogen-bond acceptors (Lipinski definition) is 5. The molecular formula is C16H23Cl2N3O3. The Morgan fingerprint density at radius 2 is 2.17 bits per heavy atom. The molecule has 0 bridgehead atoms. The number of carbonyl (C=O) groups excluding carboxylic acids is 1. The predicted octanol–water partition coefficient (Wildman–Crippen LogP) is 2.84. The highest BCUT2D eigenvalue weighted by Gasteiger charge is 2.29. The van der Waals surface area contributed by atoms with E-state index in [9.17, 15) is 4.79 Å². The van der Waals surface area contributed by atoms with Gasteiger partial charge in [-0.1, -0.05) is 0 Å². The van der Waals surface area contributed by atoms with Crippen LogP contribution in [0.25, 0.3) is 11.7 Å². The van der Waals surface area contributed by atoms with E-state index in [-0.39, 0.29) is 43.2 Å². The van der Waals surface area contributed by atoms with Crippen LogP contribution in [0, 0.1) is 6.92 Å². The number of halogens is 2. The van der Waals surface area contributed by atoms with Gasteiger partial charge in [0.15, 0.2) is 5.76 Å². The largest absolute Gasteiger partial charge is 0.459 e. The van der Waals surface area contributed by atoms with Crippen molar-refractivity contribution in [1.29, 1.82) is 0 Å². The lowest BCUT2D eigenvalue weighted by atomic mass is 10.1. The van der Waals surface area contributed by atoms with Gasteiger partial charge in [0.25, 0.3) is 5.89 Å². The Labute approximate surface area is 153 Å². The number of amides is 1. The number of furan rings is 1. The van der Waals surface area contributed by atoms with Crippen LogP contribution in [0.5, 0.6) is 0 Å². The monoisotopic (exact) mass is 375 g/mol. The zero-order valence-corrected chi connectivity index (χ0v) is 15.6. The van der Waals surface area contributed by atoms with Crippen molar-refractivity contribution in [2.75, 3.05) is 13.1 Å². The van der Waals surface area contributed by atoms with Crippen LogP contribution in [-0.2, 0) is 11.2 Å². The average molecular weight is 376 g/mol. The number of rotatable bonds is 3. The molecule has 1 N–H and O–H groups in total. The fourth-order valence-electron chi connectivity index (χ4n) is 2.75. The molecule has 1 aliphatic rings. The van der Waals surface area contributed by atoms with Crippen molar-refractivity contribution in [3.63, 3.8) is 0 Å². The third kappa shape index (κ3) is 4.12. The van der Waals surface area contributed by atoms with Gasteiger partial charge in [-0.15, -0.1) is 24.8 Å². The Bertz CT molecular complexity index is 658. The summed E-state index contributed by atoms with van der Waals surface area (Å²) in [4.78, 5) is 18.9. The lowest BCUT2D eigenvalue weighted by Gasteiger charge is -2.38.